The van der Waals surface area contributed by atoms with Gasteiger partial charge in [0.05, 0.1) is 0 Å². The summed E-state index contributed by atoms with van der Waals surface area (Å²) in [4.78, 5) is 12.3. The van der Waals surface area contributed by atoms with Crippen LogP contribution in [0.15, 0.2) is 34.9 Å². The molecule has 0 aliphatic heterocycles. The smallest absolute Gasteiger partial charge is 0.272 e. The van der Waals surface area contributed by atoms with Gasteiger partial charge in [0.2, 0.25) is 0 Å². The van der Waals surface area contributed by atoms with Crippen molar-refractivity contribution in [2.45, 2.75) is 26.8 Å². The van der Waals surface area contributed by atoms with Crippen LogP contribution in [0.3, 0.4) is 0 Å². The van der Waals surface area contributed by atoms with Crippen LogP contribution in [-0.4, -0.2) is 10.5 Å². The molecule has 0 saturated carbocycles. The van der Waals surface area contributed by atoms with Gasteiger partial charge in [-0.3, -0.25) is 4.79 Å². The number of carbonyl (C=O) groups is 1. The van der Waals surface area contributed by atoms with E-state index in [-0.39, 0.29) is 11.7 Å². The van der Waals surface area contributed by atoms with Crippen molar-refractivity contribution in [3.05, 3.63) is 52.0 Å². The van der Waals surface area contributed by atoms with Crippen molar-refractivity contribution < 1.29 is 9.18 Å². The molecule has 0 aliphatic carbocycles. The summed E-state index contributed by atoms with van der Waals surface area (Å²) in [6.07, 6.45) is 2.80. The van der Waals surface area contributed by atoms with Crippen LogP contribution < -0.4 is 5.32 Å². The van der Waals surface area contributed by atoms with Gasteiger partial charge in [0.25, 0.3) is 5.91 Å². The lowest BCUT2D eigenvalue weighted by Crippen LogP contribution is -2.17. The van der Waals surface area contributed by atoms with Crippen molar-refractivity contribution >= 4 is 27.5 Å². The highest BCUT2D eigenvalue weighted by Gasteiger charge is 2.13. The molecule has 0 saturated heterocycles. The Kier molecular flexibility index (Phi) is 4.60. The first-order chi connectivity index (χ1) is 9.49. The fraction of sp³-hybridized carbons (Fsp3) is 0.267. The number of hydrogen-bond donors (Lipinski definition) is 1. The zero-order valence-corrected chi connectivity index (χ0v) is 13.0. The lowest BCUT2D eigenvalue weighted by atomic mass is 10.2. The SMILES string of the molecule is CCCn1cc(Br)cc1C(=O)Nc1cc(C)cc(F)c1. The summed E-state index contributed by atoms with van der Waals surface area (Å²) in [5.74, 6) is -0.598. The maximum absolute atomic E-state index is 13.3. The van der Waals surface area contributed by atoms with E-state index in [1.165, 1.54) is 12.1 Å². The molecule has 3 nitrogen and oxygen atoms in total. The Morgan fingerprint density at radius 2 is 2.10 bits per heavy atom. The molecule has 0 spiro atoms. The molecule has 0 aliphatic rings. The summed E-state index contributed by atoms with van der Waals surface area (Å²) in [6.45, 7) is 4.59. The van der Waals surface area contributed by atoms with Gasteiger partial charge in [0.15, 0.2) is 0 Å². The summed E-state index contributed by atoms with van der Waals surface area (Å²) in [7, 11) is 0. The van der Waals surface area contributed by atoms with Crippen molar-refractivity contribution in [2.75, 3.05) is 5.32 Å². The Hall–Kier alpha value is -1.62. The van der Waals surface area contributed by atoms with Crippen molar-refractivity contribution in [3.8, 4) is 0 Å². The van der Waals surface area contributed by atoms with Crippen LogP contribution >= 0.6 is 15.9 Å². The zero-order valence-electron chi connectivity index (χ0n) is 11.4. The molecule has 1 aromatic carbocycles. The lowest BCUT2D eigenvalue weighted by molar-refractivity contribution is 0.101. The molecule has 2 rings (SSSR count). The Balaban J connectivity index is 2.23. The molecule has 0 bridgehead atoms. The van der Waals surface area contributed by atoms with Gasteiger partial charge in [-0.15, -0.1) is 0 Å². The number of rotatable bonds is 4. The van der Waals surface area contributed by atoms with Crippen molar-refractivity contribution in [2.24, 2.45) is 0 Å². The Morgan fingerprint density at radius 1 is 1.35 bits per heavy atom. The lowest BCUT2D eigenvalue weighted by Gasteiger charge is -2.09. The van der Waals surface area contributed by atoms with Crippen LogP contribution in [0.4, 0.5) is 10.1 Å². The first-order valence-electron chi connectivity index (χ1n) is 6.44. The number of nitrogens with one attached hydrogen (secondary N) is 1. The molecule has 0 radical (unpaired) electrons. The van der Waals surface area contributed by atoms with Gasteiger partial charge in [-0.05, 0) is 59.1 Å². The number of aryl methyl sites for hydroxylation is 2. The Morgan fingerprint density at radius 3 is 2.75 bits per heavy atom. The molecule has 0 unspecified atom stereocenters. The molecule has 0 fully saturated rings. The highest BCUT2D eigenvalue weighted by molar-refractivity contribution is 9.10. The number of aromatic nitrogens is 1. The van der Waals surface area contributed by atoms with E-state index < -0.39 is 0 Å². The van der Waals surface area contributed by atoms with Gasteiger partial charge >= 0.3 is 0 Å². The number of hydrogen-bond acceptors (Lipinski definition) is 1. The average Bonchev–Trinajstić information content (AvgIpc) is 2.69. The second-order valence-electron chi connectivity index (χ2n) is 4.71. The van der Waals surface area contributed by atoms with E-state index in [0.29, 0.717) is 11.4 Å². The zero-order chi connectivity index (χ0) is 14.7. The van der Waals surface area contributed by atoms with E-state index in [9.17, 15) is 9.18 Å². The molecule has 20 heavy (non-hydrogen) atoms. The van der Waals surface area contributed by atoms with Crippen LogP contribution in [0.5, 0.6) is 0 Å². The van der Waals surface area contributed by atoms with Crippen LogP contribution in [0.1, 0.15) is 29.4 Å². The molecule has 106 valence electrons. The fourth-order valence-electron chi connectivity index (χ4n) is 2.09. The monoisotopic (exact) mass is 338 g/mol. The molecule has 0 atom stereocenters. The van der Waals surface area contributed by atoms with Crippen molar-refractivity contribution in [3.63, 3.8) is 0 Å². The number of amides is 1. The van der Waals surface area contributed by atoms with Gasteiger partial charge in [-0.2, -0.15) is 0 Å². The third kappa shape index (κ3) is 3.48. The van der Waals surface area contributed by atoms with Crippen molar-refractivity contribution in [1.82, 2.24) is 4.57 Å². The maximum atomic E-state index is 13.3. The van der Waals surface area contributed by atoms with Gasteiger partial charge < -0.3 is 9.88 Å². The number of benzene rings is 1. The van der Waals surface area contributed by atoms with E-state index in [4.69, 9.17) is 0 Å². The van der Waals surface area contributed by atoms with E-state index >= 15 is 0 Å². The normalized spacial score (nSPS) is 10.6. The molecular weight excluding hydrogens is 323 g/mol. The van der Waals surface area contributed by atoms with Gasteiger partial charge in [0, 0.05) is 22.9 Å². The van der Waals surface area contributed by atoms with Crippen LogP contribution in [-0.2, 0) is 6.54 Å². The van der Waals surface area contributed by atoms with Crippen LogP contribution in [0, 0.1) is 12.7 Å². The van der Waals surface area contributed by atoms with E-state index in [1.807, 2.05) is 17.7 Å². The Bertz CT molecular complexity index is 617. The fourth-order valence-corrected chi connectivity index (χ4v) is 2.56. The number of nitrogens with zero attached hydrogens (tertiary/aromatic N) is 1. The van der Waals surface area contributed by atoms with Gasteiger partial charge in [-0.1, -0.05) is 6.92 Å². The standard InChI is InChI=1S/C15H16BrFN2O/c1-3-4-19-9-11(16)7-14(19)15(20)18-13-6-10(2)5-12(17)8-13/h5-9H,3-4H2,1-2H3,(H,18,20). The first kappa shape index (κ1) is 14.8. The van der Waals surface area contributed by atoms with Gasteiger partial charge in [0.1, 0.15) is 11.5 Å². The predicted octanol–water partition coefficient (Wildman–Crippen LogP) is 4.36. The molecular formula is C15H16BrFN2O. The number of carbonyl (C=O) groups excluding carboxylic acids is 1. The minimum Gasteiger partial charge on any atom is -0.342 e. The second-order valence-corrected chi connectivity index (χ2v) is 5.62. The van der Waals surface area contributed by atoms with Crippen molar-refractivity contribution in [1.29, 1.82) is 0 Å². The predicted molar refractivity (Wildman–Crippen MR) is 81.5 cm³/mol. The molecule has 1 amide bonds. The molecule has 1 N–H and O–H groups in total. The summed E-state index contributed by atoms with van der Waals surface area (Å²) >= 11 is 3.37. The van der Waals surface area contributed by atoms with E-state index in [0.717, 1.165) is 23.0 Å². The van der Waals surface area contributed by atoms with E-state index in [2.05, 4.69) is 21.2 Å². The molecule has 5 heteroatoms. The highest BCUT2D eigenvalue weighted by atomic mass is 79.9. The third-order valence-corrected chi connectivity index (χ3v) is 3.29. The summed E-state index contributed by atoms with van der Waals surface area (Å²) in [5.41, 5.74) is 1.79. The molecule has 2 aromatic rings. The third-order valence-electron chi connectivity index (χ3n) is 2.86. The number of anilines is 1. The summed E-state index contributed by atoms with van der Waals surface area (Å²) < 4.78 is 16.1. The largest absolute Gasteiger partial charge is 0.342 e. The minimum atomic E-state index is -0.356. The van der Waals surface area contributed by atoms with Crippen LogP contribution in [0.2, 0.25) is 0 Å². The quantitative estimate of drug-likeness (QED) is 0.882. The highest BCUT2D eigenvalue weighted by Crippen LogP contribution is 2.18. The first-order valence-corrected chi connectivity index (χ1v) is 7.23. The average molecular weight is 339 g/mol. The maximum Gasteiger partial charge on any atom is 0.272 e. The topological polar surface area (TPSA) is 34.0 Å². The minimum absolute atomic E-state index is 0.242. The summed E-state index contributed by atoms with van der Waals surface area (Å²) in [6, 6.07) is 6.24. The van der Waals surface area contributed by atoms with Crippen LogP contribution in [0.25, 0.3) is 0 Å². The number of halogens is 2. The molecule has 1 heterocycles. The molecule has 1 aromatic heterocycles. The van der Waals surface area contributed by atoms with E-state index in [1.54, 1.807) is 19.1 Å². The second kappa shape index (κ2) is 6.22. The van der Waals surface area contributed by atoms with Gasteiger partial charge in [-0.25, -0.2) is 4.39 Å². The summed E-state index contributed by atoms with van der Waals surface area (Å²) in [5, 5.41) is 2.73. The Labute approximate surface area is 125 Å².